The van der Waals surface area contributed by atoms with E-state index in [-0.39, 0.29) is 36.5 Å². The molecule has 8 nitrogen and oxygen atoms in total. The van der Waals surface area contributed by atoms with Crippen LogP contribution in [0.15, 0.2) is 72.3 Å². The van der Waals surface area contributed by atoms with Crippen LogP contribution in [0.2, 0.25) is 0 Å². The lowest BCUT2D eigenvalue weighted by atomic mass is 9.82. The highest BCUT2D eigenvalue weighted by molar-refractivity contribution is 6.03. The maximum atomic E-state index is 14.7. The fourth-order valence-corrected chi connectivity index (χ4v) is 7.32. The van der Waals surface area contributed by atoms with E-state index in [2.05, 4.69) is 10.6 Å². The molecule has 1 saturated carbocycles. The molecular weight excluding hydrogens is 633 g/mol. The summed E-state index contributed by atoms with van der Waals surface area (Å²) in [7, 11) is 0. The Labute approximate surface area is 283 Å². The number of β-amino-alcohol motifs (C(OH)–C–C–N with tert-alkyl or cyclic N) is 1. The summed E-state index contributed by atoms with van der Waals surface area (Å²) in [6, 6.07) is 18.9. The Kier molecular flexibility index (Phi) is 9.75. The van der Waals surface area contributed by atoms with Crippen LogP contribution in [-0.2, 0) is 22.6 Å². The first-order valence-corrected chi connectivity index (χ1v) is 17.1. The van der Waals surface area contributed by atoms with Gasteiger partial charge in [0.05, 0.1) is 24.8 Å². The minimum absolute atomic E-state index is 0.0147. The van der Waals surface area contributed by atoms with Gasteiger partial charge >= 0.3 is 0 Å². The van der Waals surface area contributed by atoms with Gasteiger partial charge in [0.25, 0.3) is 5.91 Å². The highest BCUT2D eigenvalue weighted by atomic mass is 19.2. The molecule has 3 N–H and O–H groups in total. The lowest BCUT2D eigenvalue weighted by Gasteiger charge is -2.45. The van der Waals surface area contributed by atoms with Crippen molar-refractivity contribution in [3.63, 3.8) is 0 Å². The van der Waals surface area contributed by atoms with E-state index < -0.39 is 35.3 Å². The first kappa shape index (κ1) is 33.3. The van der Waals surface area contributed by atoms with Gasteiger partial charge in [0.15, 0.2) is 17.4 Å². The summed E-state index contributed by atoms with van der Waals surface area (Å²) in [6.07, 6.45) is 3.36. The monoisotopic (exact) mass is 674 g/mol. The van der Waals surface area contributed by atoms with Crippen molar-refractivity contribution in [1.82, 2.24) is 20.4 Å². The predicted octanol–water partition coefficient (Wildman–Crippen LogP) is 4.36. The molecule has 0 aromatic heterocycles. The van der Waals surface area contributed by atoms with Crippen LogP contribution in [-0.4, -0.2) is 83.2 Å². The Balaban J connectivity index is 1.12. The molecule has 4 atom stereocenters. The van der Waals surface area contributed by atoms with E-state index in [1.807, 2.05) is 64.4 Å². The minimum Gasteiger partial charge on any atom is -0.488 e. The van der Waals surface area contributed by atoms with Crippen LogP contribution in [0.25, 0.3) is 5.57 Å². The van der Waals surface area contributed by atoms with E-state index in [4.69, 9.17) is 4.74 Å². The van der Waals surface area contributed by atoms with Crippen LogP contribution in [0.5, 0.6) is 5.75 Å². The average molecular weight is 675 g/mol. The van der Waals surface area contributed by atoms with E-state index in [1.54, 1.807) is 0 Å². The molecule has 3 aromatic carbocycles. The second-order valence-corrected chi connectivity index (χ2v) is 13.6. The van der Waals surface area contributed by atoms with Crippen molar-refractivity contribution >= 4 is 17.4 Å². The molecule has 3 aromatic rings. The van der Waals surface area contributed by atoms with Gasteiger partial charge in [0.2, 0.25) is 11.7 Å². The number of piperazine rings is 1. The molecule has 2 bridgehead atoms. The number of ether oxygens (including phenoxy) is 1. The molecule has 2 amide bonds. The van der Waals surface area contributed by atoms with Gasteiger partial charge in [-0.3, -0.25) is 9.59 Å². The molecule has 3 aliphatic heterocycles. The van der Waals surface area contributed by atoms with E-state index in [0.29, 0.717) is 57.4 Å². The molecule has 3 heterocycles. The number of carbonyl (C=O) groups excluding carboxylic acids is 2. The number of rotatable bonds is 11. The molecule has 0 spiro atoms. The van der Waals surface area contributed by atoms with Crippen molar-refractivity contribution in [2.75, 3.05) is 26.2 Å². The molecule has 2 saturated heterocycles. The predicted molar refractivity (Wildman–Crippen MR) is 178 cm³/mol. The molecule has 258 valence electrons. The van der Waals surface area contributed by atoms with Gasteiger partial charge in [0.1, 0.15) is 0 Å². The molecule has 2 unspecified atom stereocenters. The summed E-state index contributed by atoms with van der Waals surface area (Å²) in [6.45, 7) is 1.79. The number of nitrogens with zero attached hydrogens (tertiary/aromatic N) is 2. The zero-order valence-corrected chi connectivity index (χ0v) is 27.2. The molecular formula is C38H41F3N4O4. The largest absolute Gasteiger partial charge is 0.488 e. The second-order valence-electron chi connectivity index (χ2n) is 13.6. The highest BCUT2D eigenvalue weighted by Crippen LogP contribution is 2.38. The summed E-state index contributed by atoms with van der Waals surface area (Å²) >= 11 is 0. The maximum Gasteiger partial charge on any atom is 0.252 e. The Morgan fingerprint density at radius 1 is 0.939 bits per heavy atom. The maximum absolute atomic E-state index is 14.7. The number of carbonyl (C=O) groups is 2. The third-order valence-corrected chi connectivity index (χ3v) is 9.96. The van der Waals surface area contributed by atoms with E-state index >= 15 is 0 Å². The van der Waals surface area contributed by atoms with Crippen LogP contribution >= 0.6 is 0 Å². The Morgan fingerprint density at radius 3 is 2.41 bits per heavy atom. The SMILES string of the molecule is O=C(C1C[C@@H](O)CN1)N1CC2CC(c3ccc(CCCOc4c(F)ccc(F)c4F)cc3)=C(C(=O)N(Cc3ccccc3)C3CC3)[C@@H](C1)N2. The fourth-order valence-electron chi connectivity index (χ4n) is 7.32. The number of aliphatic hydroxyl groups excluding tert-OH is 1. The molecule has 3 fully saturated rings. The van der Waals surface area contributed by atoms with Gasteiger partial charge in [-0.25, -0.2) is 8.78 Å². The topological polar surface area (TPSA) is 94.1 Å². The summed E-state index contributed by atoms with van der Waals surface area (Å²) < 4.78 is 46.6. The van der Waals surface area contributed by atoms with Crippen molar-refractivity contribution in [3.05, 3.63) is 106 Å². The number of hydrogen-bond donors (Lipinski definition) is 3. The number of nitrogens with one attached hydrogen (secondary N) is 2. The number of hydrogen-bond acceptors (Lipinski definition) is 6. The zero-order valence-electron chi connectivity index (χ0n) is 27.2. The van der Waals surface area contributed by atoms with Crippen LogP contribution in [0, 0.1) is 17.5 Å². The van der Waals surface area contributed by atoms with Crippen LogP contribution in [0.4, 0.5) is 13.2 Å². The smallest absolute Gasteiger partial charge is 0.252 e. The van der Waals surface area contributed by atoms with Gasteiger partial charge in [-0.15, -0.1) is 0 Å². The zero-order chi connectivity index (χ0) is 34.1. The normalized spacial score (nSPS) is 23.5. The summed E-state index contributed by atoms with van der Waals surface area (Å²) in [5.41, 5.74) is 4.66. The third kappa shape index (κ3) is 7.39. The summed E-state index contributed by atoms with van der Waals surface area (Å²) in [4.78, 5) is 32.0. The summed E-state index contributed by atoms with van der Waals surface area (Å²) in [5, 5.41) is 16.8. The number of halogens is 3. The first-order chi connectivity index (χ1) is 23.7. The van der Waals surface area contributed by atoms with Crippen LogP contribution in [0.1, 0.15) is 48.8 Å². The van der Waals surface area contributed by atoms with E-state index in [0.717, 1.165) is 47.2 Å². The Morgan fingerprint density at radius 2 is 1.69 bits per heavy atom. The standard InChI is InChI=1S/C38H41F3N4O4/c39-30-14-15-31(40)36(35(30)41)49-16-4-7-23-8-10-25(11-9-23)29-17-26-21-44(37(47)32-18-28(46)19-42-32)22-33(43-26)34(29)38(48)45(27-12-13-27)20-24-5-2-1-3-6-24/h1-3,5-6,8-11,14-15,26-28,32-33,42-43,46H,4,7,12-13,16-22H2/t26?,28-,32?,33-/m1/s1. The number of benzene rings is 3. The van der Waals surface area contributed by atoms with E-state index in [1.165, 1.54) is 0 Å². The Bertz CT molecular complexity index is 1720. The van der Waals surface area contributed by atoms with Gasteiger partial charge < -0.3 is 30.3 Å². The molecule has 1 aliphatic carbocycles. The number of fused-ring (bicyclic) bond motifs is 2. The van der Waals surface area contributed by atoms with Crippen molar-refractivity contribution in [2.24, 2.45) is 0 Å². The van der Waals surface area contributed by atoms with Gasteiger partial charge in [-0.1, -0.05) is 54.6 Å². The minimum atomic E-state index is -1.33. The van der Waals surface area contributed by atoms with Crippen LogP contribution in [0.3, 0.4) is 0 Å². The molecule has 0 radical (unpaired) electrons. The summed E-state index contributed by atoms with van der Waals surface area (Å²) in [5.74, 6) is -4.20. The van der Waals surface area contributed by atoms with Crippen molar-refractivity contribution in [1.29, 1.82) is 0 Å². The van der Waals surface area contributed by atoms with E-state index in [9.17, 15) is 27.9 Å². The van der Waals surface area contributed by atoms with Gasteiger partial charge in [-0.2, -0.15) is 4.39 Å². The Hall–Kier alpha value is -4.19. The van der Waals surface area contributed by atoms with Gasteiger partial charge in [0, 0.05) is 43.8 Å². The molecule has 49 heavy (non-hydrogen) atoms. The molecule has 4 aliphatic rings. The number of aryl methyl sites for hydroxylation is 1. The lowest BCUT2D eigenvalue weighted by Crippen LogP contribution is -2.63. The molecule has 7 rings (SSSR count). The second kappa shape index (κ2) is 14.3. The average Bonchev–Trinajstić information content (AvgIpc) is 3.86. The number of aliphatic hydroxyl groups is 1. The quantitative estimate of drug-likeness (QED) is 0.207. The highest BCUT2D eigenvalue weighted by Gasteiger charge is 2.44. The van der Waals surface area contributed by atoms with Gasteiger partial charge in [-0.05, 0) is 72.9 Å². The number of amides is 2. The third-order valence-electron chi connectivity index (χ3n) is 9.96. The first-order valence-electron chi connectivity index (χ1n) is 17.1. The fraction of sp³-hybridized carbons (Fsp3) is 0.421. The molecule has 11 heteroatoms. The van der Waals surface area contributed by atoms with Crippen molar-refractivity contribution in [3.8, 4) is 5.75 Å². The van der Waals surface area contributed by atoms with Crippen LogP contribution < -0.4 is 15.4 Å². The van der Waals surface area contributed by atoms with Crippen molar-refractivity contribution in [2.45, 2.75) is 75.3 Å². The van der Waals surface area contributed by atoms with Crippen molar-refractivity contribution < 1.29 is 32.6 Å². The lowest BCUT2D eigenvalue weighted by molar-refractivity contribution is -0.136.